The van der Waals surface area contributed by atoms with E-state index in [0.717, 1.165) is 16.7 Å². The summed E-state index contributed by atoms with van der Waals surface area (Å²) in [7, 11) is 0. The predicted molar refractivity (Wildman–Crippen MR) is 144 cm³/mol. The van der Waals surface area contributed by atoms with Gasteiger partial charge in [-0.15, -0.1) is 23.4 Å². The molecule has 37 heavy (non-hydrogen) atoms. The van der Waals surface area contributed by atoms with E-state index in [0.29, 0.717) is 0 Å². The Balaban J connectivity index is 1.34. The molecule has 2 fully saturated rings. The molecule has 5 rings (SSSR count). The number of ether oxygens (including phenoxy) is 1. The minimum absolute atomic E-state index is 0.143. The topological polar surface area (TPSA) is 75.7 Å². The van der Waals surface area contributed by atoms with Crippen LogP contribution in [-0.2, 0) is 25.5 Å². The van der Waals surface area contributed by atoms with Crippen molar-refractivity contribution in [2.24, 2.45) is 0 Å². The van der Waals surface area contributed by atoms with E-state index < -0.39 is 28.9 Å². The van der Waals surface area contributed by atoms with Gasteiger partial charge in [-0.05, 0) is 23.6 Å². The quantitative estimate of drug-likeness (QED) is 0.264. The normalized spacial score (nSPS) is 24.4. The molecule has 0 radical (unpaired) electrons. The molecular formula is C29H27ClN2O4S. The summed E-state index contributed by atoms with van der Waals surface area (Å²) in [6, 6.07) is 26.8. The van der Waals surface area contributed by atoms with Crippen LogP contribution in [0.3, 0.4) is 0 Å². The van der Waals surface area contributed by atoms with Crippen LogP contribution in [0.4, 0.5) is 0 Å². The number of fused-ring (bicyclic) bond motifs is 1. The van der Waals surface area contributed by atoms with Gasteiger partial charge >= 0.3 is 5.97 Å². The van der Waals surface area contributed by atoms with Gasteiger partial charge in [-0.25, -0.2) is 4.79 Å². The molecule has 2 aliphatic rings. The maximum absolute atomic E-state index is 13.7. The summed E-state index contributed by atoms with van der Waals surface area (Å²) in [5.41, 5.74) is 2.53. The van der Waals surface area contributed by atoms with Crippen LogP contribution in [0.15, 0.2) is 91.0 Å². The minimum atomic E-state index is -0.871. The third-order valence-corrected chi connectivity index (χ3v) is 9.14. The van der Waals surface area contributed by atoms with Gasteiger partial charge in [0, 0.05) is 5.88 Å². The maximum Gasteiger partial charge on any atom is 0.331 e. The highest BCUT2D eigenvalue weighted by Gasteiger charge is 2.66. The fraction of sp³-hybridized carbons (Fsp3) is 0.276. The lowest BCUT2D eigenvalue weighted by molar-refractivity contribution is -0.166. The Morgan fingerprint density at radius 2 is 1.51 bits per heavy atom. The lowest BCUT2D eigenvalue weighted by Gasteiger charge is -2.44. The summed E-state index contributed by atoms with van der Waals surface area (Å²) < 4.78 is 5.34. The van der Waals surface area contributed by atoms with E-state index in [1.807, 2.05) is 97.9 Å². The molecular weight excluding hydrogens is 508 g/mol. The van der Waals surface area contributed by atoms with E-state index in [9.17, 15) is 14.4 Å². The third kappa shape index (κ3) is 4.98. The van der Waals surface area contributed by atoms with Crippen molar-refractivity contribution in [2.75, 3.05) is 5.88 Å². The van der Waals surface area contributed by atoms with Crippen molar-refractivity contribution in [3.63, 3.8) is 0 Å². The number of amides is 2. The number of thioether (sulfide) groups is 1. The Morgan fingerprint density at radius 1 is 0.973 bits per heavy atom. The number of nitrogens with zero attached hydrogens (tertiary/aromatic N) is 1. The van der Waals surface area contributed by atoms with Crippen LogP contribution in [0.25, 0.3) is 0 Å². The molecule has 2 heterocycles. The summed E-state index contributed by atoms with van der Waals surface area (Å²) in [5.74, 6) is -0.912. The highest BCUT2D eigenvalue weighted by molar-refractivity contribution is 8.01. The largest absolute Gasteiger partial charge is 0.451 e. The Labute approximate surface area is 225 Å². The summed E-state index contributed by atoms with van der Waals surface area (Å²) in [4.78, 5) is 41.1. The number of rotatable bonds is 8. The number of carbonyl (C=O) groups excluding carboxylic acids is 3. The Morgan fingerprint density at radius 3 is 2.05 bits per heavy atom. The molecule has 0 aliphatic carbocycles. The van der Waals surface area contributed by atoms with Gasteiger partial charge in [0.15, 0.2) is 6.10 Å². The molecule has 8 heteroatoms. The number of esters is 1. The zero-order chi connectivity index (χ0) is 26.0. The first-order valence-corrected chi connectivity index (χ1v) is 13.5. The van der Waals surface area contributed by atoms with E-state index in [2.05, 4.69) is 5.32 Å². The molecule has 2 saturated heterocycles. The van der Waals surface area contributed by atoms with Crippen molar-refractivity contribution in [3.05, 3.63) is 108 Å². The van der Waals surface area contributed by atoms with Crippen molar-refractivity contribution in [3.8, 4) is 0 Å². The molecule has 4 atom stereocenters. The van der Waals surface area contributed by atoms with Gasteiger partial charge in [0.2, 0.25) is 11.8 Å². The molecule has 190 valence electrons. The van der Waals surface area contributed by atoms with E-state index in [4.69, 9.17) is 16.3 Å². The Kier molecular flexibility index (Phi) is 7.26. The predicted octanol–water partition coefficient (Wildman–Crippen LogP) is 4.33. The average Bonchev–Trinajstić information content (AvgIpc) is 3.22. The number of hydrogen-bond donors (Lipinski definition) is 1. The van der Waals surface area contributed by atoms with Crippen molar-refractivity contribution in [1.29, 1.82) is 0 Å². The highest BCUT2D eigenvalue weighted by atomic mass is 35.5. The summed E-state index contributed by atoms with van der Waals surface area (Å²) >= 11 is 7.81. The summed E-state index contributed by atoms with van der Waals surface area (Å²) in [6.07, 6.45) is -0.452. The van der Waals surface area contributed by atoms with Crippen molar-refractivity contribution in [2.45, 2.75) is 41.7 Å². The lowest BCUT2D eigenvalue weighted by Crippen LogP contribution is -2.71. The molecule has 0 aromatic heterocycles. The number of hydrogen-bond acceptors (Lipinski definition) is 5. The van der Waals surface area contributed by atoms with E-state index in [1.54, 1.807) is 0 Å². The van der Waals surface area contributed by atoms with Crippen molar-refractivity contribution < 1.29 is 19.1 Å². The standard InChI is InChI=1S/C29H27ClN2O4S/c1-29(18-30)25(28(35)36-24(20-13-7-3-8-14-20)21-15-9-4-10-16-21)32-26(34)23(27(32)37-29)31-22(33)17-19-11-5-2-6-12-19/h2-16,23-25,27H,17-18H2,1H3,(H,31,33)/t23?,25?,27-,29+/m1/s1. The van der Waals surface area contributed by atoms with Crippen LogP contribution in [0.2, 0.25) is 0 Å². The van der Waals surface area contributed by atoms with Crippen molar-refractivity contribution >= 4 is 41.1 Å². The zero-order valence-corrected chi connectivity index (χ0v) is 21.8. The molecule has 2 amide bonds. The van der Waals surface area contributed by atoms with Crippen molar-refractivity contribution in [1.82, 2.24) is 10.2 Å². The number of nitrogens with one attached hydrogen (secondary N) is 1. The van der Waals surface area contributed by atoms with Gasteiger partial charge in [-0.3, -0.25) is 9.59 Å². The summed E-state index contributed by atoms with van der Waals surface area (Å²) in [6.45, 7) is 1.87. The van der Waals surface area contributed by atoms with Gasteiger partial charge in [-0.1, -0.05) is 91.0 Å². The molecule has 0 bridgehead atoms. The molecule has 3 aromatic rings. The smallest absolute Gasteiger partial charge is 0.331 e. The Bertz CT molecular complexity index is 1240. The zero-order valence-electron chi connectivity index (χ0n) is 20.3. The van der Waals surface area contributed by atoms with Gasteiger partial charge in [0.25, 0.3) is 0 Å². The molecule has 6 nitrogen and oxygen atoms in total. The van der Waals surface area contributed by atoms with Gasteiger partial charge in [-0.2, -0.15) is 0 Å². The van der Waals surface area contributed by atoms with Gasteiger partial charge in [0.1, 0.15) is 17.5 Å². The van der Waals surface area contributed by atoms with E-state index in [-0.39, 0.29) is 29.5 Å². The van der Waals surface area contributed by atoms with Crippen LogP contribution in [0, 0.1) is 0 Å². The molecule has 0 saturated carbocycles. The Hall–Kier alpha value is -3.29. The number of benzene rings is 3. The maximum atomic E-state index is 13.7. The van der Waals surface area contributed by atoms with Crippen LogP contribution in [-0.4, -0.2) is 50.8 Å². The third-order valence-electron chi connectivity index (χ3n) is 6.78. The second-order valence-electron chi connectivity index (χ2n) is 9.45. The minimum Gasteiger partial charge on any atom is -0.451 e. The fourth-order valence-electron chi connectivity index (χ4n) is 4.89. The SMILES string of the molecule is C[C@@]1(CCl)S[C@@H]2C(NC(=O)Cc3ccccc3)C(=O)N2C1C(=O)OC(c1ccccc1)c1ccccc1. The van der Waals surface area contributed by atoms with Crippen LogP contribution in [0.5, 0.6) is 0 Å². The number of carbonyl (C=O) groups is 3. The van der Waals surface area contributed by atoms with Gasteiger partial charge < -0.3 is 15.0 Å². The van der Waals surface area contributed by atoms with Gasteiger partial charge in [0.05, 0.1) is 11.2 Å². The first kappa shape index (κ1) is 25.4. The molecule has 2 aliphatic heterocycles. The lowest BCUT2D eigenvalue weighted by atomic mass is 9.95. The highest BCUT2D eigenvalue weighted by Crippen LogP contribution is 2.52. The molecule has 2 unspecified atom stereocenters. The molecule has 0 spiro atoms. The average molecular weight is 535 g/mol. The molecule has 3 aromatic carbocycles. The fourth-order valence-corrected chi connectivity index (χ4v) is 6.84. The monoisotopic (exact) mass is 534 g/mol. The molecule has 1 N–H and O–H groups in total. The second-order valence-corrected chi connectivity index (χ2v) is 11.4. The second kappa shape index (κ2) is 10.6. The number of halogens is 1. The first-order valence-electron chi connectivity index (χ1n) is 12.1. The van der Waals surface area contributed by atoms with E-state index >= 15 is 0 Å². The first-order chi connectivity index (χ1) is 17.9. The van der Waals surface area contributed by atoms with Crippen LogP contribution < -0.4 is 5.32 Å². The number of β-lactam (4-membered cyclic amide) rings is 1. The van der Waals surface area contributed by atoms with Crippen LogP contribution in [0.1, 0.15) is 29.7 Å². The van der Waals surface area contributed by atoms with Crippen LogP contribution >= 0.6 is 23.4 Å². The van der Waals surface area contributed by atoms with E-state index in [1.165, 1.54) is 16.7 Å². The summed E-state index contributed by atoms with van der Waals surface area (Å²) in [5, 5.41) is 2.47. The number of alkyl halides is 1.